The Balaban J connectivity index is 1.73. The molecule has 0 bridgehead atoms. The summed E-state index contributed by atoms with van der Waals surface area (Å²) in [4.78, 5) is 1.38. The van der Waals surface area contributed by atoms with Crippen LogP contribution in [0.4, 0.5) is 0 Å². The third-order valence-electron chi connectivity index (χ3n) is 4.15. The molecular formula is C15H20ClNOS. The lowest BCUT2D eigenvalue weighted by Crippen LogP contribution is -2.37. The van der Waals surface area contributed by atoms with Gasteiger partial charge < -0.3 is 10.1 Å². The van der Waals surface area contributed by atoms with Crippen LogP contribution in [-0.4, -0.2) is 25.0 Å². The van der Waals surface area contributed by atoms with Crippen molar-refractivity contribution in [2.45, 2.75) is 36.7 Å². The van der Waals surface area contributed by atoms with Crippen molar-refractivity contribution in [2.75, 3.05) is 19.0 Å². The SMILES string of the molecule is CC(NC1CCSc2ccc(Cl)cc21)C1CCOC1. The van der Waals surface area contributed by atoms with Gasteiger partial charge in [-0.15, -0.1) is 11.8 Å². The van der Waals surface area contributed by atoms with Crippen LogP contribution in [0.5, 0.6) is 0 Å². The Morgan fingerprint density at radius 3 is 3.11 bits per heavy atom. The van der Waals surface area contributed by atoms with Gasteiger partial charge in [-0.3, -0.25) is 0 Å². The Kier molecular flexibility index (Phi) is 4.37. The van der Waals surface area contributed by atoms with Crippen molar-refractivity contribution in [2.24, 2.45) is 5.92 Å². The average molecular weight is 298 g/mol. The van der Waals surface area contributed by atoms with E-state index in [1.165, 1.54) is 29.1 Å². The van der Waals surface area contributed by atoms with Crippen LogP contribution in [-0.2, 0) is 4.74 Å². The van der Waals surface area contributed by atoms with Crippen molar-refractivity contribution >= 4 is 23.4 Å². The van der Waals surface area contributed by atoms with E-state index in [0.29, 0.717) is 18.0 Å². The Morgan fingerprint density at radius 2 is 2.32 bits per heavy atom. The zero-order valence-corrected chi connectivity index (χ0v) is 12.8. The van der Waals surface area contributed by atoms with E-state index in [2.05, 4.69) is 24.4 Å². The number of ether oxygens (including phenoxy) is 1. The summed E-state index contributed by atoms with van der Waals surface area (Å²) in [6, 6.07) is 7.20. The normalized spacial score (nSPS) is 28.1. The van der Waals surface area contributed by atoms with Crippen LogP contribution >= 0.6 is 23.4 Å². The minimum Gasteiger partial charge on any atom is -0.381 e. The first-order valence-corrected chi connectivity index (χ1v) is 8.36. The quantitative estimate of drug-likeness (QED) is 0.914. The Morgan fingerprint density at radius 1 is 1.42 bits per heavy atom. The minimum atomic E-state index is 0.436. The smallest absolute Gasteiger partial charge is 0.0509 e. The van der Waals surface area contributed by atoms with Crippen molar-refractivity contribution in [1.82, 2.24) is 5.32 Å². The fourth-order valence-corrected chi connectivity index (χ4v) is 4.23. The van der Waals surface area contributed by atoms with Crippen LogP contribution in [0.1, 0.15) is 31.4 Å². The van der Waals surface area contributed by atoms with E-state index in [1.807, 2.05) is 17.8 Å². The summed E-state index contributed by atoms with van der Waals surface area (Å²) in [5, 5.41) is 4.63. The van der Waals surface area contributed by atoms with Gasteiger partial charge in [-0.2, -0.15) is 0 Å². The highest BCUT2D eigenvalue weighted by Crippen LogP contribution is 2.38. The van der Waals surface area contributed by atoms with Crippen molar-refractivity contribution in [3.8, 4) is 0 Å². The molecule has 2 heterocycles. The maximum atomic E-state index is 6.15. The summed E-state index contributed by atoms with van der Waals surface area (Å²) < 4.78 is 5.49. The number of benzene rings is 1. The van der Waals surface area contributed by atoms with Gasteiger partial charge in [-0.25, -0.2) is 0 Å². The number of thioether (sulfide) groups is 1. The number of hydrogen-bond acceptors (Lipinski definition) is 3. The van der Waals surface area contributed by atoms with Gasteiger partial charge in [0.2, 0.25) is 0 Å². The van der Waals surface area contributed by atoms with Crippen LogP contribution in [0.3, 0.4) is 0 Å². The van der Waals surface area contributed by atoms with E-state index in [9.17, 15) is 0 Å². The molecule has 0 spiro atoms. The molecule has 19 heavy (non-hydrogen) atoms. The van der Waals surface area contributed by atoms with Gasteiger partial charge in [0.15, 0.2) is 0 Å². The van der Waals surface area contributed by atoms with E-state index in [1.54, 1.807) is 0 Å². The van der Waals surface area contributed by atoms with Crippen LogP contribution < -0.4 is 5.32 Å². The van der Waals surface area contributed by atoms with Gasteiger partial charge in [0.1, 0.15) is 0 Å². The van der Waals surface area contributed by atoms with E-state index >= 15 is 0 Å². The van der Waals surface area contributed by atoms with Gasteiger partial charge in [0.25, 0.3) is 0 Å². The molecule has 0 aliphatic carbocycles. The Bertz CT molecular complexity index is 448. The fourth-order valence-electron chi connectivity index (χ4n) is 2.94. The minimum absolute atomic E-state index is 0.436. The number of nitrogens with one attached hydrogen (secondary N) is 1. The molecular weight excluding hydrogens is 278 g/mol. The molecule has 0 radical (unpaired) electrons. The first-order chi connectivity index (χ1) is 9.24. The lowest BCUT2D eigenvalue weighted by Gasteiger charge is -2.31. The summed E-state index contributed by atoms with van der Waals surface area (Å²) in [5.74, 6) is 1.83. The molecule has 2 aliphatic heterocycles. The molecule has 3 atom stereocenters. The highest BCUT2D eigenvalue weighted by molar-refractivity contribution is 7.99. The Hall–Kier alpha value is -0.220. The Labute approximate surface area is 124 Å². The van der Waals surface area contributed by atoms with Gasteiger partial charge in [-0.05, 0) is 55.2 Å². The molecule has 1 N–H and O–H groups in total. The monoisotopic (exact) mass is 297 g/mol. The van der Waals surface area contributed by atoms with Crippen LogP contribution in [0.2, 0.25) is 5.02 Å². The number of rotatable bonds is 3. The summed E-state index contributed by atoms with van der Waals surface area (Å²) in [6.45, 7) is 4.10. The summed E-state index contributed by atoms with van der Waals surface area (Å²) in [7, 11) is 0. The second kappa shape index (κ2) is 6.04. The second-order valence-electron chi connectivity index (χ2n) is 5.45. The zero-order chi connectivity index (χ0) is 13.2. The molecule has 2 nitrogen and oxygen atoms in total. The molecule has 0 aromatic heterocycles. The number of hydrogen-bond donors (Lipinski definition) is 1. The van der Waals surface area contributed by atoms with Crippen molar-refractivity contribution in [3.05, 3.63) is 28.8 Å². The van der Waals surface area contributed by atoms with E-state index in [-0.39, 0.29) is 0 Å². The highest BCUT2D eigenvalue weighted by atomic mass is 35.5. The third kappa shape index (κ3) is 3.10. The molecule has 1 fully saturated rings. The maximum absolute atomic E-state index is 6.15. The standard InChI is InChI=1S/C15H20ClNOS/c1-10(11-4-6-18-9-11)17-14-5-7-19-15-3-2-12(16)8-13(14)15/h2-3,8,10-11,14,17H,4-7,9H2,1H3. The predicted molar refractivity (Wildman–Crippen MR) is 81.1 cm³/mol. The molecule has 1 aromatic carbocycles. The third-order valence-corrected chi connectivity index (χ3v) is 5.51. The number of fused-ring (bicyclic) bond motifs is 1. The largest absolute Gasteiger partial charge is 0.381 e. The second-order valence-corrected chi connectivity index (χ2v) is 7.02. The van der Waals surface area contributed by atoms with Crippen molar-refractivity contribution in [1.29, 1.82) is 0 Å². The van der Waals surface area contributed by atoms with Gasteiger partial charge >= 0.3 is 0 Å². The molecule has 0 amide bonds. The molecule has 0 saturated carbocycles. The molecule has 3 rings (SSSR count). The van der Waals surface area contributed by atoms with Crippen LogP contribution in [0.15, 0.2) is 23.1 Å². The summed E-state index contributed by atoms with van der Waals surface area (Å²) >= 11 is 8.09. The van der Waals surface area contributed by atoms with Gasteiger partial charge in [0.05, 0.1) is 6.61 Å². The first-order valence-electron chi connectivity index (χ1n) is 7.00. The summed E-state index contributed by atoms with van der Waals surface area (Å²) in [6.07, 6.45) is 2.36. The lowest BCUT2D eigenvalue weighted by atomic mass is 9.97. The molecule has 1 saturated heterocycles. The average Bonchev–Trinajstić information content (AvgIpc) is 2.93. The zero-order valence-electron chi connectivity index (χ0n) is 11.2. The highest BCUT2D eigenvalue weighted by Gasteiger charge is 2.27. The van der Waals surface area contributed by atoms with Gasteiger partial charge in [-0.1, -0.05) is 11.6 Å². The van der Waals surface area contributed by atoms with Crippen LogP contribution in [0, 0.1) is 5.92 Å². The van der Waals surface area contributed by atoms with Crippen molar-refractivity contribution in [3.63, 3.8) is 0 Å². The van der Waals surface area contributed by atoms with Gasteiger partial charge in [0, 0.05) is 28.6 Å². The number of halogens is 1. The molecule has 104 valence electrons. The van der Waals surface area contributed by atoms with Crippen molar-refractivity contribution < 1.29 is 4.74 Å². The first kappa shape index (κ1) is 13.7. The van der Waals surface area contributed by atoms with Crippen LogP contribution in [0.25, 0.3) is 0 Å². The summed E-state index contributed by atoms with van der Waals surface area (Å²) in [5.41, 5.74) is 1.37. The molecule has 4 heteroatoms. The van der Waals surface area contributed by atoms with E-state index in [4.69, 9.17) is 16.3 Å². The lowest BCUT2D eigenvalue weighted by molar-refractivity contribution is 0.176. The maximum Gasteiger partial charge on any atom is 0.0509 e. The fraction of sp³-hybridized carbons (Fsp3) is 0.600. The molecule has 2 aliphatic rings. The van der Waals surface area contributed by atoms with E-state index in [0.717, 1.165) is 18.2 Å². The topological polar surface area (TPSA) is 21.3 Å². The molecule has 1 aromatic rings. The predicted octanol–water partition coefficient (Wildman–Crippen LogP) is 3.89. The van der Waals surface area contributed by atoms with E-state index < -0.39 is 0 Å². The molecule has 3 unspecified atom stereocenters.